The van der Waals surface area contributed by atoms with Crippen molar-refractivity contribution in [2.24, 2.45) is 0 Å². The molecule has 34 heavy (non-hydrogen) atoms. The largest absolute Gasteiger partial charge is 0.504 e. The van der Waals surface area contributed by atoms with Crippen molar-refractivity contribution in [1.82, 2.24) is 9.97 Å². The molecule has 0 bridgehead atoms. The Kier molecular flexibility index (Phi) is 22.1. The number of rotatable bonds is 11. The summed E-state index contributed by atoms with van der Waals surface area (Å²) in [6, 6.07) is 0. The normalized spacial score (nSPS) is 12.2. The summed E-state index contributed by atoms with van der Waals surface area (Å²) in [5.74, 6) is -0.985. The van der Waals surface area contributed by atoms with Gasteiger partial charge < -0.3 is 14.8 Å². The second-order valence-electron chi connectivity index (χ2n) is 6.77. The molecule has 0 aliphatic carbocycles. The van der Waals surface area contributed by atoms with Crippen LogP contribution in [-0.4, -0.2) is 28.2 Å². The second-order valence-corrected chi connectivity index (χ2v) is 7.02. The Morgan fingerprint density at radius 3 is 2.38 bits per heavy atom. The van der Waals surface area contributed by atoms with E-state index in [4.69, 9.17) is 16.7 Å². The number of H-pyrrole nitrogens is 1. The van der Waals surface area contributed by atoms with Gasteiger partial charge in [-0.05, 0) is 42.7 Å². The molecule has 1 heterocycles. The van der Waals surface area contributed by atoms with E-state index in [1.807, 2.05) is 24.3 Å². The van der Waals surface area contributed by atoms with E-state index >= 15 is 0 Å². The average molecular weight is 487 g/mol. The first-order valence-electron chi connectivity index (χ1n) is 11.1. The minimum atomic E-state index is -0.985. The lowest BCUT2D eigenvalue weighted by molar-refractivity contribution is -0.132. The van der Waals surface area contributed by atoms with E-state index in [0.29, 0.717) is 5.57 Å². The number of aromatic amines is 1. The number of ether oxygens (including phenoxy) is 1. The van der Waals surface area contributed by atoms with Crippen LogP contribution in [0.1, 0.15) is 58.3 Å². The predicted octanol–water partition coefficient (Wildman–Crippen LogP) is 8.25. The number of nitrogens with one attached hydrogen (secondary N) is 1. The molecule has 0 fully saturated rings. The van der Waals surface area contributed by atoms with E-state index in [-0.39, 0.29) is 5.57 Å². The van der Waals surface area contributed by atoms with E-state index in [1.54, 1.807) is 19.3 Å². The topological polar surface area (TPSA) is 75.2 Å². The fourth-order valence-electron chi connectivity index (χ4n) is 2.07. The molecule has 0 unspecified atom stereocenters. The quantitative estimate of drug-likeness (QED) is 0.187. The van der Waals surface area contributed by atoms with Crippen molar-refractivity contribution >= 4 is 29.7 Å². The molecule has 0 saturated heterocycles. The summed E-state index contributed by atoms with van der Waals surface area (Å²) in [5.41, 5.74) is 5.03. The number of allylic oxidation sites excluding steroid dienone is 8. The van der Waals surface area contributed by atoms with Crippen molar-refractivity contribution in [3.05, 3.63) is 102 Å². The maximum Gasteiger partial charge on any atom is 0.336 e. The number of imidazole rings is 1. The van der Waals surface area contributed by atoms with Gasteiger partial charge in [-0.3, -0.25) is 0 Å². The summed E-state index contributed by atoms with van der Waals surface area (Å²) in [7, 11) is 1.46. The number of carbonyl (C=O) groups is 1. The smallest absolute Gasteiger partial charge is 0.336 e. The Hall–Kier alpha value is -3.31. The first kappa shape index (κ1) is 32.9. The molecule has 1 rings (SSSR count). The van der Waals surface area contributed by atoms with Gasteiger partial charge in [0.15, 0.2) is 0 Å². The predicted molar refractivity (Wildman–Crippen MR) is 147 cm³/mol. The number of nitrogens with zero attached hydrogens (tertiary/aromatic N) is 1. The molecule has 0 spiro atoms. The Bertz CT molecular complexity index is 901. The van der Waals surface area contributed by atoms with E-state index in [1.165, 1.54) is 37.5 Å². The van der Waals surface area contributed by atoms with Crippen LogP contribution in [0.5, 0.6) is 0 Å². The van der Waals surface area contributed by atoms with Crippen LogP contribution < -0.4 is 0 Å². The van der Waals surface area contributed by atoms with Crippen molar-refractivity contribution in [2.75, 3.05) is 7.11 Å². The lowest BCUT2D eigenvalue weighted by Gasteiger charge is -1.97. The summed E-state index contributed by atoms with van der Waals surface area (Å²) < 4.78 is 4.60. The molecular formula is C28H39ClN2O3. The first-order valence-corrected chi connectivity index (χ1v) is 11.5. The summed E-state index contributed by atoms with van der Waals surface area (Å²) in [6.07, 6.45) is 23.1. The monoisotopic (exact) mass is 486 g/mol. The van der Waals surface area contributed by atoms with E-state index < -0.39 is 5.97 Å². The molecule has 5 nitrogen and oxygen atoms in total. The number of hydrogen-bond donors (Lipinski definition) is 2. The number of aliphatic carboxylic acids is 1. The fourth-order valence-corrected chi connectivity index (χ4v) is 2.20. The minimum absolute atomic E-state index is 0.187. The molecule has 0 radical (unpaired) electrons. The number of aromatic nitrogens is 2. The fraction of sp³-hybridized carbons (Fsp3) is 0.286. The molecule has 0 saturated carbocycles. The van der Waals surface area contributed by atoms with Crippen LogP contribution in [0, 0.1) is 0 Å². The molecule has 0 amide bonds. The van der Waals surface area contributed by atoms with Crippen LogP contribution in [0.25, 0.3) is 12.2 Å². The maximum atomic E-state index is 10.6. The number of carboxylic acids is 1. The lowest BCUT2D eigenvalue weighted by Crippen LogP contribution is -1.99. The van der Waals surface area contributed by atoms with Crippen LogP contribution in [0.4, 0.5) is 0 Å². The summed E-state index contributed by atoms with van der Waals surface area (Å²) in [4.78, 5) is 17.8. The molecule has 0 aliphatic rings. The molecule has 2 N–H and O–H groups in total. The summed E-state index contributed by atoms with van der Waals surface area (Å²) in [5, 5.41) is 8.69. The highest BCUT2D eigenvalue weighted by Gasteiger charge is 2.05. The maximum absolute atomic E-state index is 10.6. The summed E-state index contributed by atoms with van der Waals surface area (Å²) in [6.45, 7) is 15.4. The van der Waals surface area contributed by atoms with E-state index in [2.05, 4.69) is 60.8 Å². The van der Waals surface area contributed by atoms with Gasteiger partial charge >= 0.3 is 5.97 Å². The number of methoxy groups -OCH3 is 1. The third kappa shape index (κ3) is 16.3. The number of hydrogen-bond acceptors (Lipinski definition) is 3. The Morgan fingerprint density at radius 1 is 1.21 bits per heavy atom. The SMILES string of the molecule is C=C/C(C)=C(\C=C\OC)C(=O)O.C=CC(/C=C/c1nc[nH]c1/C=C/Cl)=C\C=C\CCC.CCC. The van der Waals surface area contributed by atoms with Crippen molar-refractivity contribution in [3.63, 3.8) is 0 Å². The molecule has 0 atom stereocenters. The van der Waals surface area contributed by atoms with Crippen LogP contribution in [0.15, 0.2) is 90.5 Å². The zero-order valence-electron chi connectivity index (χ0n) is 21.1. The van der Waals surface area contributed by atoms with Gasteiger partial charge in [-0.2, -0.15) is 0 Å². The van der Waals surface area contributed by atoms with Gasteiger partial charge in [0.2, 0.25) is 0 Å². The van der Waals surface area contributed by atoms with Crippen molar-refractivity contribution in [3.8, 4) is 0 Å². The highest BCUT2D eigenvalue weighted by molar-refractivity contribution is 6.27. The van der Waals surface area contributed by atoms with E-state index in [9.17, 15) is 4.79 Å². The standard InChI is InChI=1S/C16H19ClN2.C9H12O3.C3H8/c1-3-5-6-7-8-14(4-2)9-10-15-16(11-12-17)19-13-18-15;1-4-7(2)8(9(10)11)5-6-12-3;1-3-2/h4,6-13H,2-3,5H2,1H3,(H,18,19);4-6H,1H2,2-3H3,(H,10,11);3H2,1-2H3/b7-6+,10-9+,12-11+,14-8+;6-5+,8-7+;. The van der Waals surface area contributed by atoms with Gasteiger partial charge in [-0.25, -0.2) is 9.78 Å². The molecule has 1 aromatic heterocycles. The van der Waals surface area contributed by atoms with Gasteiger partial charge in [-0.15, -0.1) is 0 Å². The Morgan fingerprint density at radius 2 is 1.88 bits per heavy atom. The number of halogens is 1. The minimum Gasteiger partial charge on any atom is -0.504 e. The third-order valence-corrected chi connectivity index (χ3v) is 3.94. The average Bonchev–Trinajstić information content (AvgIpc) is 3.26. The van der Waals surface area contributed by atoms with Crippen LogP contribution in [0.3, 0.4) is 0 Å². The number of carboxylic acid groups (broad SMARTS) is 1. The lowest BCUT2D eigenvalue weighted by atomic mass is 10.1. The first-order chi connectivity index (χ1) is 16.4. The van der Waals surface area contributed by atoms with Gasteiger partial charge in [0.05, 0.1) is 36.7 Å². The van der Waals surface area contributed by atoms with Crippen LogP contribution in [0.2, 0.25) is 0 Å². The zero-order valence-corrected chi connectivity index (χ0v) is 21.8. The molecular weight excluding hydrogens is 448 g/mol. The molecule has 6 heteroatoms. The molecule has 186 valence electrons. The highest BCUT2D eigenvalue weighted by Crippen LogP contribution is 2.10. The highest BCUT2D eigenvalue weighted by atomic mass is 35.5. The molecule has 1 aromatic rings. The van der Waals surface area contributed by atoms with Crippen LogP contribution >= 0.6 is 11.6 Å². The van der Waals surface area contributed by atoms with Gasteiger partial charge in [-0.1, -0.05) is 94.8 Å². The van der Waals surface area contributed by atoms with Crippen LogP contribution in [-0.2, 0) is 9.53 Å². The van der Waals surface area contributed by atoms with E-state index in [0.717, 1.165) is 29.8 Å². The van der Waals surface area contributed by atoms with Crippen molar-refractivity contribution < 1.29 is 14.6 Å². The number of unbranched alkanes of at least 4 members (excludes halogenated alkanes) is 1. The second kappa shape index (κ2) is 22.9. The molecule has 0 aliphatic heterocycles. The van der Waals surface area contributed by atoms with Gasteiger partial charge in [0, 0.05) is 5.54 Å². The summed E-state index contributed by atoms with van der Waals surface area (Å²) >= 11 is 5.56. The van der Waals surface area contributed by atoms with Gasteiger partial charge in [0.1, 0.15) is 0 Å². The Labute approximate surface area is 210 Å². The zero-order chi connectivity index (χ0) is 26.2. The Balaban J connectivity index is 0. The molecule has 0 aromatic carbocycles. The van der Waals surface area contributed by atoms with Gasteiger partial charge in [0.25, 0.3) is 0 Å². The third-order valence-electron chi connectivity index (χ3n) is 3.81. The van der Waals surface area contributed by atoms with Crippen molar-refractivity contribution in [1.29, 1.82) is 0 Å². The van der Waals surface area contributed by atoms with Crippen molar-refractivity contribution in [2.45, 2.75) is 47.0 Å².